The molecule has 0 saturated carbocycles. The van der Waals surface area contributed by atoms with Gasteiger partial charge in [-0.15, -0.1) is 0 Å². The molecule has 0 aliphatic carbocycles. The average molecular weight is 1160 g/mol. The first-order valence-corrected chi connectivity index (χ1v) is 31.3. The van der Waals surface area contributed by atoms with E-state index in [1.807, 2.05) is 133 Å². The van der Waals surface area contributed by atoms with Crippen LogP contribution in [0.5, 0.6) is 0 Å². The van der Waals surface area contributed by atoms with Crippen molar-refractivity contribution in [2.24, 2.45) is 0 Å². The predicted octanol–water partition coefficient (Wildman–Crippen LogP) is 11.0. The molecule has 8 nitrogen and oxygen atoms in total. The van der Waals surface area contributed by atoms with Gasteiger partial charge in [0, 0.05) is 22.3 Å². The van der Waals surface area contributed by atoms with Crippen LogP contribution in [0.3, 0.4) is 0 Å². The van der Waals surface area contributed by atoms with Crippen LogP contribution in [0, 0.1) is 0 Å². The third-order valence-corrected chi connectivity index (χ3v) is 19.6. The average Bonchev–Trinajstić information content (AvgIpc) is 3.98. The number of benzene rings is 8. The fourth-order valence-electron chi connectivity index (χ4n) is 10.1. The van der Waals surface area contributed by atoms with Crippen LogP contribution in [0.4, 0.5) is 0 Å². The van der Waals surface area contributed by atoms with E-state index in [1.165, 1.54) is 10.6 Å². The zero-order chi connectivity index (χ0) is 47.4. The standard InChI is InChI=1S/2C28H21N2O2P.2ClH.Pt/c2*31-25-23-18-10-11-19-24(23)26(32)30-28(21-14-6-2-7-15-21)33(22-16-8-3-9-17-22)27(29(25)30)20-12-4-1-5-13-20;;;/h2*1-19,27-28H;2*1H;/q;;;;+2/t2*27-,28-;;;/m00.../s1. The Kier molecular flexibility index (Phi) is 14.0. The van der Waals surface area contributed by atoms with Crippen LogP contribution in [0.25, 0.3) is 21.5 Å². The van der Waals surface area contributed by atoms with Gasteiger partial charge in [-0.2, -0.15) is 18.7 Å². The molecule has 0 fully saturated rings. The summed E-state index contributed by atoms with van der Waals surface area (Å²) in [7, 11) is 6.70. The van der Waals surface area contributed by atoms with Crippen molar-refractivity contribution >= 4 is 66.8 Å². The summed E-state index contributed by atoms with van der Waals surface area (Å²) in [4.78, 5) is 55.7. The molecule has 12 rings (SSSR count). The van der Waals surface area contributed by atoms with Crippen LogP contribution in [0.2, 0.25) is 0 Å². The molecule has 69 heavy (non-hydrogen) atoms. The van der Waals surface area contributed by atoms with Gasteiger partial charge in [-0.3, -0.25) is 19.2 Å². The minimum absolute atomic E-state index is 0.115. The monoisotopic (exact) mass is 1160 g/mol. The second-order valence-corrected chi connectivity index (χ2v) is 25.1. The molecule has 10 aromatic rings. The van der Waals surface area contributed by atoms with E-state index in [-0.39, 0.29) is 45.4 Å². The van der Waals surface area contributed by atoms with Gasteiger partial charge in [0.15, 0.2) is 23.1 Å². The second-order valence-electron chi connectivity index (χ2n) is 16.6. The molecule has 0 unspecified atom stereocenters. The first-order chi connectivity index (χ1) is 33.9. The summed E-state index contributed by atoms with van der Waals surface area (Å²) >= 11 is -0.472. The van der Waals surface area contributed by atoms with Crippen molar-refractivity contribution in [3.8, 4) is 0 Å². The van der Waals surface area contributed by atoms with Crippen LogP contribution in [0.15, 0.2) is 250 Å². The molecule has 0 amide bonds. The van der Waals surface area contributed by atoms with E-state index in [1.54, 1.807) is 43.0 Å². The maximum atomic E-state index is 13.9. The molecule has 0 radical (unpaired) electrons. The fraction of sp³-hybridized carbons (Fsp3) is 0.0714. The molecular weight excluding hydrogens is 1120 g/mol. The van der Waals surface area contributed by atoms with Gasteiger partial charge in [0.25, 0.3) is 22.2 Å². The first-order valence-electron chi connectivity index (χ1n) is 22.3. The molecule has 0 N–H and O–H groups in total. The summed E-state index contributed by atoms with van der Waals surface area (Å²) < 4.78 is 7.00. The Hall–Kier alpha value is -6.23. The fourth-order valence-corrected chi connectivity index (χ4v) is 17.3. The van der Waals surface area contributed by atoms with E-state index in [9.17, 15) is 19.2 Å². The van der Waals surface area contributed by atoms with Crippen molar-refractivity contribution in [1.29, 1.82) is 0 Å². The first kappa shape index (κ1) is 46.5. The van der Waals surface area contributed by atoms with Crippen molar-refractivity contribution < 1.29 is 16.5 Å². The molecular formula is C56H44Cl2N4O4P2Pt+2. The van der Waals surface area contributed by atoms with Crippen LogP contribution in [-0.2, 0) is 16.5 Å². The van der Waals surface area contributed by atoms with Gasteiger partial charge < -0.3 is 0 Å². The molecule has 4 heterocycles. The number of nitrogens with zero attached hydrogens (tertiary/aromatic N) is 4. The zero-order valence-corrected chi connectivity index (χ0v) is 42.5. The van der Waals surface area contributed by atoms with E-state index < -0.39 is 32.3 Å². The van der Waals surface area contributed by atoms with Crippen molar-refractivity contribution in [1.82, 2.24) is 18.7 Å². The number of fused-ring (bicyclic) bond motifs is 4. The van der Waals surface area contributed by atoms with Crippen molar-refractivity contribution in [3.63, 3.8) is 0 Å². The second kappa shape index (κ2) is 20.8. The Morgan fingerprint density at radius 3 is 0.667 bits per heavy atom. The van der Waals surface area contributed by atoms with Crippen LogP contribution < -0.4 is 32.8 Å². The number of halogens is 2. The molecule has 2 aliphatic heterocycles. The molecule has 2 aliphatic rings. The Labute approximate surface area is 416 Å². The van der Waals surface area contributed by atoms with Gasteiger partial charge in [-0.25, -0.2) is 0 Å². The topological polar surface area (TPSA) is 88.0 Å². The van der Waals surface area contributed by atoms with Crippen molar-refractivity contribution in [3.05, 3.63) is 294 Å². The Morgan fingerprint density at radius 1 is 0.290 bits per heavy atom. The quantitative estimate of drug-likeness (QED) is 0.155. The molecule has 0 saturated heterocycles. The van der Waals surface area contributed by atoms with Gasteiger partial charge in [0.1, 0.15) is 0 Å². The number of aromatic nitrogens is 4. The van der Waals surface area contributed by atoms with Crippen LogP contribution in [-0.4, -0.2) is 18.7 Å². The summed E-state index contributed by atoms with van der Waals surface area (Å²) in [6, 6.07) is 75.7. The molecule has 8 aromatic carbocycles. The van der Waals surface area contributed by atoms with E-state index >= 15 is 0 Å². The Bertz CT molecular complexity index is 3200. The molecule has 2 aromatic heterocycles. The summed E-state index contributed by atoms with van der Waals surface area (Å²) in [5.74, 6) is -0.857. The number of rotatable bonds is 6. The van der Waals surface area contributed by atoms with Gasteiger partial charge in [-0.1, -0.05) is 182 Å². The van der Waals surface area contributed by atoms with Crippen molar-refractivity contribution in [2.75, 3.05) is 0 Å². The van der Waals surface area contributed by atoms with Gasteiger partial charge in [0.05, 0.1) is 48.0 Å². The molecule has 13 heteroatoms. The molecule has 0 bridgehead atoms. The third kappa shape index (κ3) is 8.64. The summed E-state index contributed by atoms with van der Waals surface area (Å²) in [6.45, 7) is 0. The van der Waals surface area contributed by atoms with Crippen molar-refractivity contribution in [2.45, 2.75) is 23.1 Å². The summed E-state index contributed by atoms with van der Waals surface area (Å²) in [6.07, 6.45) is 0. The SMILES string of the molecule is O=c1c2ccccc2c(=O)n2n1[C@H](c1ccccc1)[PH+](c1ccccc1)[C@H]2c1ccccc1.O=c1c2ccccc2c(=O)n2n1[C@H](c1ccccc1)[PH+](c1ccccc1)[C@H]2c1ccccc1.[Cl][Pt][Cl]. The third-order valence-electron chi connectivity index (χ3n) is 12.9. The van der Waals surface area contributed by atoms with E-state index in [0.29, 0.717) is 21.5 Å². The minimum atomic E-state index is -1.52. The Balaban J connectivity index is 0.000000152. The molecule has 0 spiro atoms. The normalized spacial score (nSPS) is 17.4. The van der Waals surface area contributed by atoms with E-state index in [4.69, 9.17) is 18.8 Å². The van der Waals surface area contributed by atoms with Crippen LogP contribution >= 0.6 is 34.7 Å². The van der Waals surface area contributed by atoms with Gasteiger partial charge >= 0.3 is 35.3 Å². The van der Waals surface area contributed by atoms with E-state index in [2.05, 4.69) is 72.8 Å². The molecule has 344 valence electrons. The van der Waals surface area contributed by atoms with Gasteiger partial charge in [0.2, 0.25) is 0 Å². The summed E-state index contributed by atoms with van der Waals surface area (Å²) in [5.41, 5.74) is 3.76. The number of hydrogen-bond acceptors (Lipinski definition) is 4. The Morgan fingerprint density at radius 2 is 0.464 bits per heavy atom. The predicted molar refractivity (Wildman–Crippen MR) is 284 cm³/mol. The maximum absolute atomic E-state index is 13.9. The zero-order valence-electron chi connectivity index (χ0n) is 36.7. The summed E-state index contributed by atoms with van der Waals surface area (Å²) in [5, 5.41) is 4.30. The molecule has 4 atom stereocenters. The van der Waals surface area contributed by atoms with Crippen LogP contribution in [0.1, 0.15) is 45.4 Å². The van der Waals surface area contributed by atoms with Gasteiger partial charge in [-0.05, 0) is 48.5 Å². The van der Waals surface area contributed by atoms with E-state index in [0.717, 1.165) is 22.3 Å². The number of hydrogen-bond donors (Lipinski definition) is 0.